The van der Waals surface area contributed by atoms with Crippen molar-refractivity contribution in [1.82, 2.24) is 5.32 Å². The molecule has 0 bridgehead atoms. The highest BCUT2D eigenvalue weighted by Crippen LogP contribution is 2.27. The quantitative estimate of drug-likeness (QED) is 0.874. The Hall–Kier alpha value is -2.37. The highest BCUT2D eigenvalue weighted by molar-refractivity contribution is 6.00. The molecule has 1 aromatic rings. The van der Waals surface area contributed by atoms with E-state index in [1.165, 1.54) is 24.3 Å². The van der Waals surface area contributed by atoms with Gasteiger partial charge in [-0.05, 0) is 30.2 Å². The minimum Gasteiger partial charge on any atom is -0.488 e. The number of benzene rings is 1. The van der Waals surface area contributed by atoms with E-state index in [2.05, 4.69) is 5.32 Å². The van der Waals surface area contributed by atoms with E-state index in [4.69, 9.17) is 4.74 Å². The monoisotopic (exact) mass is 307 g/mol. The SMILES string of the molecule is CC[C@H](C)[C@H](NC(=O)C1=Cc2cc(F)ccc2OC1)C(=O)O. The number of fused-ring (bicyclic) bond motifs is 1. The van der Waals surface area contributed by atoms with Crippen LogP contribution in [0.15, 0.2) is 23.8 Å². The molecule has 0 saturated carbocycles. The largest absolute Gasteiger partial charge is 0.488 e. The molecule has 0 aromatic heterocycles. The molecule has 1 aromatic carbocycles. The summed E-state index contributed by atoms with van der Waals surface area (Å²) in [5.41, 5.74) is 0.736. The number of ether oxygens (including phenoxy) is 1. The van der Waals surface area contributed by atoms with Crippen LogP contribution >= 0.6 is 0 Å². The number of rotatable bonds is 5. The average molecular weight is 307 g/mol. The van der Waals surface area contributed by atoms with E-state index in [0.717, 1.165) is 0 Å². The second kappa shape index (κ2) is 6.60. The number of carboxylic acid groups (broad SMARTS) is 1. The zero-order valence-electron chi connectivity index (χ0n) is 12.4. The number of carbonyl (C=O) groups is 2. The van der Waals surface area contributed by atoms with Crippen molar-refractivity contribution in [1.29, 1.82) is 0 Å². The molecule has 118 valence electrons. The minimum absolute atomic E-state index is 0.0251. The second-order valence-corrected chi connectivity index (χ2v) is 5.32. The number of halogens is 1. The Kier molecular flexibility index (Phi) is 4.80. The van der Waals surface area contributed by atoms with Crippen molar-refractivity contribution >= 4 is 18.0 Å². The molecular weight excluding hydrogens is 289 g/mol. The van der Waals surface area contributed by atoms with Gasteiger partial charge in [-0.15, -0.1) is 0 Å². The fourth-order valence-electron chi connectivity index (χ4n) is 2.20. The summed E-state index contributed by atoms with van der Waals surface area (Å²) in [7, 11) is 0. The molecule has 0 spiro atoms. The van der Waals surface area contributed by atoms with Gasteiger partial charge in [-0.1, -0.05) is 20.3 Å². The maximum absolute atomic E-state index is 13.2. The first-order valence-corrected chi connectivity index (χ1v) is 7.09. The topological polar surface area (TPSA) is 75.6 Å². The molecule has 1 aliphatic heterocycles. The van der Waals surface area contributed by atoms with Gasteiger partial charge >= 0.3 is 5.97 Å². The zero-order chi connectivity index (χ0) is 16.3. The van der Waals surface area contributed by atoms with Crippen molar-refractivity contribution in [2.24, 2.45) is 5.92 Å². The van der Waals surface area contributed by atoms with E-state index in [0.29, 0.717) is 17.7 Å². The van der Waals surface area contributed by atoms with Crippen LogP contribution in [-0.2, 0) is 9.59 Å². The smallest absolute Gasteiger partial charge is 0.326 e. The van der Waals surface area contributed by atoms with Crippen LogP contribution in [0.2, 0.25) is 0 Å². The molecule has 22 heavy (non-hydrogen) atoms. The summed E-state index contributed by atoms with van der Waals surface area (Å²) in [6, 6.07) is 3.08. The number of carboxylic acids is 1. The van der Waals surface area contributed by atoms with Gasteiger partial charge in [0.2, 0.25) is 0 Å². The van der Waals surface area contributed by atoms with E-state index in [-0.39, 0.29) is 18.1 Å². The first kappa shape index (κ1) is 16.0. The molecule has 6 heteroatoms. The molecule has 2 atom stereocenters. The van der Waals surface area contributed by atoms with Gasteiger partial charge < -0.3 is 15.2 Å². The van der Waals surface area contributed by atoms with Crippen molar-refractivity contribution < 1.29 is 23.8 Å². The first-order chi connectivity index (χ1) is 10.4. The number of hydrogen-bond donors (Lipinski definition) is 2. The van der Waals surface area contributed by atoms with E-state index >= 15 is 0 Å². The Morgan fingerprint density at radius 2 is 2.18 bits per heavy atom. The highest BCUT2D eigenvalue weighted by Gasteiger charge is 2.27. The Morgan fingerprint density at radius 1 is 1.45 bits per heavy atom. The van der Waals surface area contributed by atoms with Gasteiger partial charge in [0.1, 0.15) is 24.2 Å². The highest BCUT2D eigenvalue weighted by atomic mass is 19.1. The summed E-state index contributed by atoms with van der Waals surface area (Å²) in [6.45, 7) is 3.64. The Bertz CT molecular complexity index is 627. The van der Waals surface area contributed by atoms with Gasteiger partial charge in [-0.3, -0.25) is 4.79 Å². The average Bonchev–Trinajstić information content (AvgIpc) is 2.50. The molecular formula is C16H18FNO4. The van der Waals surface area contributed by atoms with Crippen LogP contribution in [0, 0.1) is 11.7 Å². The third kappa shape index (κ3) is 3.44. The van der Waals surface area contributed by atoms with Crippen LogP contribution in [0.25, 0.3) is 6.08 Å². The van der Waals surface area contributed by atoms with Crippen molar-refractivity contribution in [2.45, 2.75) is 26.3 Å². The minimum atomic E-state index is -1.08. The van der Waals surface area contributed by atoms with Gasteiger partial charge in [0, 0.05) is 5.56 Å². The Morgan fingerprint density at radius 3 is 2.82 bits per heavy atom. The lowest BCUT2D eigenvalue weighted by molar-refractivity contribution is -0.142. The van der Waals surface area contributed by atoms with Crippen LogP contribution in [0.3, 0.4) is 0 Å². The van der Waals surface area contributed by atoms with Gasteiger partial charge in [0.15, 0.2) is 0 Å². The molecule has 1 heterocycles. The molecule has 5 nitrogen and oxygen atoms in total. The van der Waals surface area contributed by atoms with Crippen molar-refractivity contribution in [2.75, 3.05) is 6.61 Å². The summed E-state index contributed by atoms with van der Waals surface area (Å²) in [4.78, 5) is 23.5. The summed E-state index contributed by atoms with van der Waals surface area (Å²) in [5.74, 6) is -1.72. The molecule has 2 N–H and O–H groups in total. The summed E-state index contributed by atoms with van der Waals surface area (Å²) < 4.78 is 18.6. The maximum atomic E-state index is 13.2. The lowest BCUT2D eigenvalue weighted by Crippen LogP contribution is -2.46. The number of carbonyl (C=O) groups excluding carboxylic acids is 1. The molecule has 1 aliphatic rings. The molecule has 2 rings (SSSR count). The zero-order valence-corrected chi connectivity index (χ0v) is 12.4. The molecule has 0 aliphatic carbocycles. The summed E-state index contributed by atoms with van der Waals surface area (Å²) >= 11 is 0. The third-order valence-corrected chi connectivity index (χ3v) is 3.74. The van der Waals surface area contributed by atoms with Crippen molar-refractivity contribution in [3.63, 3.8) is 0 Å². The standard InChI is InChI=1S/C16H18FNO4/c1-3-9(2)14(16(20)21)18-15(19)11-6-10-7-12(17)4-5-13(10)22-8-11/h4-7,9,14H,3,8H2,1-2H3,(H,18,19)(H,20,21)/t9-,14-/m0/s1. The predicted molar refractivity (Wildman–Crippen MR) is 78.9 cm³/mol. The number of hydrogen-bond acceptors (Lipinski definition) is 3. The van der Waals surface area contributed by atoms with Crippen molar-refractivity contribution in [3.8, 4) is 5.75 Å². The van der Waals surface area contributed by atoms with E-state index in [1.54, 1.807) is 6.92 Å². The van der Waals surface area contributed by atoms with E-state index in [9.17, 15) is 19.1 Å². The summed E-state index contributed by atoms with van der Waals surface area (Å²) in [6.07, 6.45) is 2.15. The second-order valence-electron chi connectivity index (χ2n) is 5.32. The molecule has 0 unspecified atom stereocenters. The van der Waals surface area contributed by atoms with E-state index < -0.39 is 23.7 Å². The number of amides is 1. The third-order valence-electron chi connectivity index (χ3n) is 3.74. The van der Waals surface area contributed by atoms with Crippen LogP contribution in [-0.4, -0.2) is 29.6 Å². The van der Waals surface area contributed by atoms with Gasteiger partial charge in [0.25, 0.3) is 5.91 Å². The van der Waals surface area contributed by atoms with Crippen molar-refractivity contribution in [3.05, 3.63) is 35.2 Å². The summed E-state index contributed by atoms with van der Waals surface area (Å²) in [5, 5.41) is 11.7. The van der Waals surface area contributed by atoms with Crippen LogP contribution in [0.5, 0.6) is 5.75 Å². The van der Waals surface area contributed by atoms with Crippen LogP contribution in [0.4, 0.5) is 4.39 Å². The van der Waals surface area contributed by atoms with E-state index in [1.807, 2.05) is 6.92 Å². The lowest BCUT2D eigenvalue weighted by atomic mass is 9.98. The maximum Gasteiger partial charge on any atom is 0.326 e. The Balaban J connectivity index is 2.18. The first-order valence-electron chi connectivity index (χ1n) is 7.09. The molecule has 0 fully saturated rings. The Labute approximate surface area is 127 Å². The van der Waals surface area contributed by atoms with Crippen LogP contribution < -0.4 is 10.1 Å². The molecule has 0 saturated heterocycles. The number of aliphatic carboxylic acids is 1. The lowest BCUT2D eigenvalue weighted by Gasteiger charge is -2.22. The molecule has 1 amide bonds. The normalized spacial score (nSPS) is 15.9. The van der Waals surface area contributed by atoms with Gasteiger partial charge in [0.05, 0.1) is 5.57 Å². The molecule has 0 radical (unpaired) electrons. The fourth-order valence-corrected chi connectivity index (χ4v) is 2.20. The fraction of sp³-hybridized carbons (Fsp3) is 0.375. The van der Waals surface area contributed by atoms with Gasteiger partial charge in [-0.2, -0.15) is 0 Å². The predicted octanol–water partition coefficient (Wildman–Crippen LogP) is 2.22. The van der Waals surface area contributed by atoms with Gasteiger partial charge in [-0.25, -0.2) is 9.18 Å². The number of nitrogens with one attached hydrogen (secondary N) is 1. The van der Waals surface area contributed by atoms with Crippen LogP contribution in [0.1, 0.15) is 25.8 Å².